The van der Waals surface area contributed by atoms with Crippen molar-refractivity contribution in [1.82, 2.24) is 4.40 Å². The predicted octanol–water partition coefficient (Wildman–Crippen LogP) is 1.70. The van der Waals surface area contributed by atoms with Gasteiger partial charge in [-0.2, -0.15) is 0 Å². The molecular weight excluding hydrogens is 300 g/mol. The Morgan fingerprint density at radius 2 is 1.65 bits per heavy atom. The molecule has 2 rings (SSSR count). The van der Waals surface area contributed by atoms with Crippen LogP contribution in [-0.4, -0.2) is 35.5 Å². The van der Waals surface area contributed by atoms with Gasteiger partial charge >= 0.3 is 11.9 Å². The number of nitrogens with zero attached hydrogens (tertiary/aromatic N) is 1. The maximum Gasteiger partial charge on any atom is 0.341 e. The average molecular weight is 318 g/mol. The van der Waals surface area contributed by atoms with E-state index >= 15 is 0 Å². The number of rotatable bonds is 5. The van der Waals surface area contributed by atoms with Crippen LogP contribution in [0.1, 0.15) is 50.6 Å². The Morgan fingerprint density at radius 1 is 1.09 bits per heavy atom. The highest BCUT2D eigenvalue weighted by Gasteiger charge is 2.32. The Hall–Kier alpha value is -2.83. The van der Waals surface area contributed by atoms with Crippen LogP contribution >= 0.6 is 0 Å². The lowest BCUT2D eigenvalue weighted by Gasteiger charge is -2.05. The topological polar surface area (TPSA) is 100 Å². The summed E-state index contributed by atoms with van der Waals surface area (Å²) in [6.07, 6.45) is 1.58. The molecule has 0 fully saturated rings. The molecule has 0 atom stereocenters. The number of pyridine rings is 1. The molecule has 23 heavy (non-hydrogen) atoms. The smallest absolute Gasteiger partial charge is 0.341 e. The first-order valence-electron chi connectivity index (χ1n) is 7.21. The van der Waals surface area contributed by atoms with Gasteiger partial charge in [0.05, 0.1) is 18.7 Å². The molecule has 0 aliphatic rings. The van der Waals surface area contributed by atoms with Gasteiger partial charge in [0, 0.05) is 6.20 Å². The molecule has 0 unspecified atom stereocenters. The molecule has 0 spiro atoms. The van der Waals surface area contributed by atoms with Gasteiger partial charge in [-0.05, 0) is 38.5 Å². The number of aryl methyl sites for hydroxylation is 1. The molecule has 7 heteroatoms. The van der Waals surface area contributed by atoms with Crippen LogP contribution in [-0.2, 0) is 9.47 Å². The van der Waals surface area contributed by atoms with Crippen molar-refractivity contribution in [3.63, 3.8) is 0 Å². The number of amides is 1. The number of carbonyl (C=O) groups excluding carboxylic acids is 3. The Bertz CT molecular complexity index is 791. The van der Waals surface area contributed by atoms with Gasteiger partial charge in [0.25, 0.3) is 5.91 Å². The molecule has 0 aromatic carbocycles. The molecule has 0 aliphatic heterocycles. The normalized spacial score (nSPS) is 10.6. The predicted molar refractivity (Wildman–Crippen MR) is 82.6 cm³/mol. The van der Waals surface area contributed by atoms with Gasteiger partial charge in [0.15, 0.2) is 0 Å². The maximum absolute atomic E-state index is 12.3. The fraction of sp³-hybridized carbons (Fsp3) is 0.312. The lowest BCUT2D eigenvalue weighted by atomic mass is 10.1. The Kier molecular flexibility index (Phi) is 4.68. The Morgan fingerprint density at radius 3 is 2.17 bits per heavy atom. The molecular formula is C16H18N2O5. The average Bonchev–Trinajstić information content (AvgIpc) is 2.82. The highest BCUT2D eigenvalue weighted by Crippen LogP contribution is 2.26. The van der Waals surface area contributed by atoms with E-state index in [9.17, 15) is 14.4 Å². The van der Waals surface area contributed by atoms with Crippen LogP contribution in [0.2, 0.25) is 0 Å². The summed E-state index contributed by atoms with van der Waals surface area (Å²) in [5, 5.41) is 0. The largest absolute Gasteiger partial charge is 0.462 e. The third kappa shape index (κ3) is 2.90. The zero-order valence-electron chi connectivity index (χ0n) is 13.2. The third-order valence-corrected chi connectivity index (χ3v) is 3.29. The summed E-state index contributed by atoms with van der Waals surface area (Å²) >= 11 is 0. The number of hydrogen-bond acceptors (Lipinski definition) is 5. The van der Waals surface area contributed by atoms with E-state index in [0.717, 1.165) is 5.56 Å². The van der Waals surface area contributed by atoms with Crippen molar-refractivity contribution in [2.45, 2.75) is 20.8 Å². The minimum atomic E-state index is -0.831. The second kappa shape index (κ2) is 6.51. The molecule has 1 amide bonds. The summed E-state index contributed by atoms with van der Waals surface area (Å²) in [7, 11) is 0. The molecule has 0 saturated heterocycles. The second-order valence-corrected chi connectivity index (χ2v) is 4.86. The van der Waals surface area contributed by atoms with Crippen molar-refractivity contribution in [3.8, 4) is 0 Å². The molecule has 0 radical (unpaired) electrons. The number of aromatic nitrogens is 1. The standard InChI is InChI=1S/C16H18N2O5/c1-4-22-15(20)11-10-8-9(3)6-7-18(10)13(14(17)19)12(11)16(21)23-5-2/h6-8H,4-5H2,1-3H3,(H2,17,19). The number of ether oxygens (including phenoxy) is 2. The SMILES string of the molecule is CCOC(=O)c1c(C(=O)OCC)c2cc(C)ccn2c1C(N)=O. The van der Waals surface area contributed by atoms with E-state index in [1.807, 2.05) is 6.92 Å². The first-order valence-corrected chi connectivity index (χ1v) is 7.21. The van der Waals surface area contributed by atoms with Crippen molar-refractivity contribution in [2.75, 3.05) is 13.2 Å². The first-order chi connectivity index (χ1) is 10.9. The zero-order chi connectivity index (χ0) is 17.1. The summed E-state index contributed by atoms with van der Waals surface area (Å²) in [6.45, 7) is 5.35. The monoisotopic (exact) mass is 318 g/mol. The fourth-order valence-corrected chi connectivity index (χ4v) is 2.41. The molecule has 7 nitrogen and oxygen atoms in total. The van der Waals surface area contributed by atoms with Gasteiger partial charge in [0.1, 0.15) is 16.8 Å². The molecule has 122 valence electrons. The van der Waals surface area contributed by atoms with Gasteiger partial charge in [-0.3, -0.25) is 4.79 Å². The highest BCUT2D eigenvalue weighted by atomic mass is 16.5. The lowest BCUT2D eigenvalue weighted by Crippen LogP contribution is -2.20. The highest BCUT2D eigenvalue weighted by molar-refractivity contribution is 6.15. The van der Waals surface area contributed by atoms with Crippen LogP contribution < -0.4 is 5.73 Å². The summed E-state index contributed by atoms with van der Waals surface area (Å²) in [5.74, 6) is -2.32. The van der Waals surface area contributed by atoms with Gasteiger partial charge in [-0.15, -0.1) is 0 Å². The van der Waals surface area contributed by atoms with Crippen molar-refractivity contribution >= 4 is 23.4 Å². The van der Waals surface area contributed by atoms with E-state index in [-0.39, 0.29) is 30.0 Å². The van der Waals surface area contributed by atoms with Crippen LogP contribution in [0.15, 0.2) is 18.3 Å². The van der Waals surface area contributed by atoms with Crippen LogP contribution in [0.3, 0.4) is 0 Å². The number of esters is 2. The van der Waals surface area contributed by atoms with Gasteiger partial charge in [0.2, 0.25) is 0 Å². The molecule has 0 saturated carbocycles. The van der Waals surface area contributed by atoms with E-state index in [4.69, 9.17) is 15.2 Å². The summed E-state index contributed by atoms with van der Waals surface area (Å²) < 4.78 is 11.4. The summed E-state index contributed by atoms with van der Waals surface area (Å²) in [4.78, 5) is 36.5. The number of carbonyl (C=O) groups is 3. The number of fused-ring (bicyclic) bond motifs is 1. The van der Waals surface area contributed by atoms with Crippen LogP contribution in [0.5, 0.6) is 0 Å². The van der Waals surface area contributed by atoms with Crippen LogP contribution in [0, 0.1) is 6.92 Å². The van der Waals surface area contributed by atoms with Crippen LogP contribution in [0.4, 0.5) is 0 Å². The minimum absolute atomic E-state index is 0.0113. The quantitative estimate of drug-likeness (QED) is 0.846. The summed E-state index contributed by atoms with van der Waals surface area (Å²) in [6, 6.07) is 3.42. The summed E-state index contributed by atoms with van der Waals surface area (Å²) in [5.41, 5.74) is 6.38. The molecule has 0 bridgehead atoms. The van der Waals surface area contributed by atoms with E-state index in [2.05, 4.69) is 0 Å². The number of primary amides is 1. The molecule has 0 aliphatic carbocycles. The molecule has 2 aromatic heterocycles. The first kappa shape index (κ1) is 16.5. The Labute approximate surface area is 133 Å². The lowest BCUT2D eigenvalue weighted by molar-refractivity contribution is 0.0480. The minimum Gasteiger partial charge on any atom is -0.462 e. The zero-order valence-corrected chi connectivity index (χ0v) is 13.2. The van der Waals surface area contributed by atoms with Crippen molar-refractivity contribution in [3.05, 3.63) is 40.7 Å². The molecule has 2 aromatic rings. The van der Waals surface area contributed by atoms with Gasteiger partial charge < -0.3 is 19.6 Å². The third-order valence-electron chi connectivity index (χ3n) is 3.29. The van der Waals surface area contributed by atoms with Crippen LogP contribution in [0.25, 0.3) is 5.52 Å². The van der Waals surface area contributed by atoms with Gasteiger partial charge in [-0.25, -0.2) is 9.59 Å². The molecule has 2 heterocycles. The van der Waals surface area contributed by atoms with E-state index in [0.29, 0.717) is 5.52 Å². The molecule has 2 N–H and O–H groups in total. The van der Waals surface area contributed by atoms with Crippen molar-refractivity contribution in [1.29, 1.82) is 0 Å². The maximum atomic E-state index is 12.3. The van der Waals surface area contributed by atoms with E-state index in [1.165, 1.54) is 4.40 Å². The van der Waals surface area contributed by atoms with Crippen molar-refractivity contribution in [2.24, 2.45) is 5.73 Å². The van der Waals surface area contributed by atoms with E-state index in [1.54, 1.807) is 32.2 Å². The number of hydrogen-bond donors (Lipinski definition) is 1. The number of nitrogens with two attached hydrogens (primary N) is 1. The Balaban J connectivity index is 2.89. The fourth-order valence-electron chi connectivity index (χ4n) is 2.41. The second-order valence-electron chi connectivity index (χ2n) is 4.86. The van der Waals surface area contributed by atoms with Crippen molar-refractivity contribution < 1.29 is 23.9 Å². The van der Waals surface area contributed by atoms with Gasteiger partial charge in [-0.1, -0.05) is 0 Å². The van der Waals surface area contributed by atoms with E-state index < -0.39 is 17.8 Å².